The van der Waals surface area contributed by atoms with E-state index in [0.29, 0.717) is 19.4 Å². The number of alkyl halides is 3. The monoisotopic (exact) mass is 209 g/mol. The van der Waals surface area contributed by atoms with Gasteiger partial charge in [0.25, 0.3) is 0 Å². The smallest absolute Gasteiger partial charge is 0.303 e. The van der Waals surface area contributed by atoms with Crippen LogP contribution in [0.25, 0.3) is 0 Å². The van der Waals surface area contributed by atoms with Crippen molar-refractivity contribution < 1.29 is 13.2 Å². The van der Waals surface area contributed by atoms with Crippen molar-refractivity contribution in [1.29, 1.82) is 0 Å². The highest BCUT2D eigenvalue weighted by atomic mass is 19.4. The van der Waals surface area contributed by atoms with Crippen molar-refractivity contribution in [3.63, 3.8) is 0 Å². The first-order valence-electron chi connectivity index (χ1n) is 5.29. The van der Waals surface area contributed by atoms with Crippen molar-refractivity contribution in [2.45, 2.75) is 51.2 Å². The van der Waals surface area contributed by atoms with Crippen LogP contribution in [0.2, 0.25) is 0 Å². The summed E-state index contributed by atoms with van der Waals surface area (Å²) in [5.41, 5.74) is -1.61. The zero-order valence-electron chi connectivity index (χ0n) is 8.75. The Morgan fingerprint density at radius 2 is 1.79 bits per heavy atom. The molecule has 1 N–H and O–H groups in total. The highest BCUT2D eigenvalue weighted by Gasteiger charge is 2.60. The third-order valence-electron chi connectivity index (χ3n) is 3.03. The molecule has 0 aromatic carbocycles. The van der Waals surface area contributed by atoms with Gasteiger partial charge in [-0.2, -0.15) is 13.2 Å². The fourth-order valence-corrected chi connectivity index (χ4v) is 2.01. The number of rotatable bonds is 5. The van der Waals surface area contributed by atoms with E-state index in [2.05, 4.69) is 5.32 Å². The highest BCUT2D eigenvalue weighted by molar-refractivity contribution is 5.05. The van der Waals surface area contributed by atoms with Gasteiger partial charge in [0.2, 0.25) is 0 Å². The molecule has 0 bridgehead atoms. The van der Waals surface area contributed by atoms with Gasteiger partial charge in [-0.3, -0.25) is 0 Å². The van der Waals surface area contributed by atoms with E-state index >= 15 is 0 Å². The summed E-state index contributed by atoms with van der Waals surface area (Å²) in [7, 11) is 0. The molecule has 1 fully saturated rings. The molecule has 0 aromatic heterocycles. The van der Waals surface area contributed by atoms with Crippen molar-refractivity contribution in [3.05, 3.63) is 0 Å². The molecule has 1 atom stereocenters. The van der Waals surface area contributed by atoms with E-state index in [1.165, 1.54) is 0 Å². The van der Waals surface area contributed by atoms with E-state index < -0.39 is 11.7 Å². The standard InChI is InChI=1S/C10H18F3N/c1-3-7-14-9(4-2,8-5-6-8)10(11,12)13/h8,14H,3-7H2,1-2H3. The molecule has 0 amide bonds. The average Bonchev–Trinajstić information content (AvgIpc) is 2.88. The number of nitrogens with one attached hydrogen (secondary N) is 1. The SMILES string of the molecule is CCCNC(CC)(C1CC1)C(F)(F)F. The predicted octanol–water partition coefficient (Wildman–Crippen LogP) is 3.11. The third kappa shape index (κ3) is 2.05. The summed E-state index contributed by atoms with van der Waals surface area (Å²) in [6.45, 7) is 3.95. The lowest BCUT2D eigenvalue weighted by atomic mass is 9.89. The summed E-state index contributed by atoms with van der Waals surface area (Å²) in [5, 5.41) is 2.71. The van der Waals surface area contributed by atoms with Crippen LogP contribution in [-0.4, -0.2) is 18.3 Å². The maximum atomic E-state index is 12.9. The largest absolute Gasteiger partial charge is 0.406 e. The van der Waals surface area contributed by atoms with Crippen molar-refractivity contribution in [3.8, 4) is 0 Å². The molecule has 1 rings (SSSR count). The minimum absolute atomic E-state index is 0.140. The molecule has 84 valence electrons. The third-order valence-corrected chi connectivity index (χ3v) is 3.03. The van der Waals surface area contributed by atoms with Crippen LogP contribution in [0.15, 0.2) is 0 Å². The molecule has 1 unspecified atom stereocenters. The molecule has 0 radical (unpaired) electrons. The van der Waals surface area contributed by atoms with Crippen LogP contribution in [0.5, 0.6) is 0 Å². The maximum absolute atomic E-state index is 12.9. The normalized spacial score (nSPS) is 22.1. The Hall–Kier alpha value is -0.250. The lowest BCUT2D eigenvalue weighted by Gasteiger charge is -2.36. The van der Waals surface area contributed by atoms with Gasteiger partial charge >= 0.3 is 6.18 Å². The van der Waals surface area contributed by atoms with Crippen LogP contribution in [0.4, 0.5) is 13.2 Å². The van der Waals surface area contributed by atoms with Crippen LogP contribution in [0, 0.1) is 5.92 Å². The zero-order valence-corrected chi connectivity index (χ0v) is 8.75. The molecule has 0 saturated heterocycles. The van der Waals surface area contributed by atoms with E-state index in [4.69, 9.17) is 0 Å². The van der Waals surface area contributed by atoms with Gasteiger partial charge in [-0.25, -0.2) is 0 Å². The highest BCUT2D eigenvalue weighted by Crippen LogP contribution is 2.49. The number of halogens is 3. The molecule has 0 spiro atoms. The van der Waals surface area contributed by atoms with Crippen molar-refractivity contribution in [1.82, 2.24) is 5.32 Å². The molecule has 1 aliphatic rings. The fraction of sp³-hybridized carbons (Fsp3) is 1.00. The Morgan fingerprint density at radius 1 is 1.21 bits per heavy atom. The lowest BCUT2D eigenvalue weighted by Crippen LogP contribution is -2.58. The molecule has 1 nitrogen and oxygen atoms in total. The van der Waals surface area contributed by atoms with Crippen LogP contribution in [0.1, 0.15) is 39.5 Å². The van der Waals surface area contributed by atoms with Gasteiger partial charge in [-0.1, -0.05) is 13.8 Å². The first-order valence-corrected chi connectivity index (χ1v) is 5.29. The quantitative estimate of drug-likeness (QED) is 0.733. The summed E-state index contributed by atoms with van der Waals surface area (Å²) in [6, 6.07) is 0. The zero-order chi connectivity index (χ0) is 10.8. The molecule has 0 aliphatic heterocycles. The molecule has 4 heteroatoms. The number of hydrogen-bond acceptors (Lipinski definition) is 1. The predicted molar refractivity (Wildman–Crippen MR) is 50.1 cm³/mol. The van der Waals surface area contributed by atoms with Gasteiger partial charge in [-0.05, 0) is 38.1 Å². The summed E-state index contributed by atoms with van der Waals surface area (Å²) < 4.78 is 38.8. The molecule has 1 saturated carbocycles. The van der Waals surface area contributed by atoms with Crippen molar-refractivity contribution >= 4 is 0 Å². The van der Waals surface area contributed by atoms with E-state index in [9.17, 15) is 13.2 Å². The second-order valence-electron chi connectivity index (χ2n) is 4.02. The van der Waals surface area contributed by atoms with E-state index in [0.717, 1.165) is 6.42 Å². The second kappa shape index (κ2) is 4.09. The van der Waals surface area contributed by atoms with Gasteiger partial charge in [0.15, 0.2) is 0 Å². The van der Waals surface area contributed by atoms with Gasteiger partial charge in [0.1, 0.15) is 5.54 Å². The Kier molecular flexibility index (Phi) is 3.45. The van der Waals surface area contributed by atoms with Crippen LogP contribution in [0.3, 0.4) is 0 Å². The Balaban J connectivity index is 2.75. The molecular weight excluding hydrogens is 191 g/mol. The van der Waals surface area contributed by atoms with Gasteiger partial charge in [0.05, 0.1) is 0 Å². The molecular formula is C10H18F3N. The van der Waals surface area contributed by atoms with Crippen LogP contribution >= 0.6 is 0 Å². The Morgan fingerprint density at radius 3 is 2.07 bits per heavy atom. The van der Waals surface area contributed by atoms with Crippen LogP contribution < -0.4 is 5.32 Å². The van der Waals surface area contributed by atoms with Crippen molar-refractivity contribution in [2.24, 2.45) is 5.92 Å². The summed E-state index contributed by atoms with van der Waals surface area (Å²) in [4.78, 5) is 0. The van der Waals surface area contributed by atoms with E-state index in [1.54, 1.807) is 6.92 Å². The molecule has 0 heterocycles. The second-order valence-corrected chi connectivity index (χ2v) is 4.02. The topological polar surface area (TPSA) is 12.0 Å². The molecule has 0 aromatic rings. The van der Waals surface area contributed by atoms with Gasteiger partial charge in [-0.15, -0.1) is 0 Å². The average molecular weight is 209 g/mol. The van der Waals surface area contributed by atoms with Gasteiger partial charge in [0, 0.05) is 0 Å². The molecule has 1 aliphatic carbocycles. The number of hydrogen-bond donors (Lipinski definition) is 1. The van der Waals surface area contributed by atoms with E-state index in [1.807, 2.05) is 6.92 Å². The summed E-state index contributed by atoms with van der Waals surface area (Å²) in [5.74, 6) is -0.195. The Bertz CT molecular complexity index is 186. The van der Waals surface area contributed by atoms with E-state index in [-0.39, 0.29) is 12.3 Å². The first-order chi connectivity index (χ1) is 6.48. The Labute approximate surface area is 83.1 Å². The minimum atomic E-state index is -4.11. The fourth-order valence-electron chi connectivity index (χ4n) is 2.01. The molecule has 14 heavy (non-hydrogen) atoms. The van der Waals surface area contributed by atoms with Gasteiger partial charge < -0.3 is 5.32 Å². The van der Waals surface area contributed by atoms with Crippen LogP contribution in [-0.2, 0) is 0 Å². The first kappa shape index (κ1) is 11.8. The summed E-state index contributed by atoms with van der Waals surface area (Å²) >= 11 is 0. The minimum Gasteiger partial charge on any atom is -0.303 e. The lowest BCUT2D eigenvalue weighted by molar-refractivity contribution is -0.204. The summed E-state index contributed by atoms with van der Waals surface area (Å²) in [6.07, 6.45) is -1.81. The van der Waals surface area contributed by atoms with Crippen molar-refractivity contribution in [2.75, 3.05) is 6.54 Å². The maximum Gasteiger partial charge on any atom is 0.406 e.